The maximum Gasteiger partial charge on any atom is 0.263 e. The van der Waals surface area contributed by atoms with E-state index >= 15 is 0 Å². The molecule has 0 spiro atoms. The smallest absolute Gasteiger partial charge is 0.263 e. The summed E-state index contributed by atoms with van der Waals surface area (Å²) in [4.78, 5) is 16.0. The number of nitrogens with zero attached hydrogens (tertiary/aromatic N) is 1. The van der Waals surface area contributed by atoms with E-state index < -0.39 is 0 Å². The van der Waals surface area contributed by atoms with Crippen molar-refractivity contribution in [3.05, 3.63) is 46.2 Å². The van der Waals surface area contributed by atoms with Gasteiger partial charge in [-0.3, -0.25) is 4.79 Å². The molecule has 2 rings (SSSR count). The molecule has 0 aliphatic carbocycles. The van der Waals surface area contributed by atoms with E-state index in [0.29, 0.717) is 10.0 Å². The number of halogens is 1. The Labute approximate surface area is 108 Å². The molecule has 0 saturated heterocycles. The minimum absolute atomic E-state index is 0.257. The van der Waals surface area contributed by atoms with Gasteiger partial charge in [0.05, 0.1) is 6.20 Å². The van der Waals surface area contributed by atoms with E-state index in [-0.39, 0.29) is 18.3 Å². The Kier molecular flexibility index (Phi) is 3.57. The third-order valence-electron chi connectivity index (χ3n) is 2.50. The number of hydrogen-bond acceptors (Lipinski definition) is 4. The van der Waals surface area contributed by atoms with E-state index in [1.807, 2.05) is 6.92 Å². The third kappa shape index (κ3) is 2.84. The van der Waals surface area contributed by atoms with Crippen molar-refractivity contribution in [1.29, 1.82) is 0 Å². The number of anilines is 1. The van der Waals surface area contributed by atoms with Gasteiger partial charge in [-0.2, -0.15) is 0 Å². The van der Waals surface area contributed by atoms with Gasteiger partial charge >= 0.3 is 0 Å². The fraction of sp³-hybridized carbons (Fsp3) is 0.167. The zero-order valence-corrected chi connectivity index (χ0v) is 10.6. The summed E-state index contributed by atoms with van der Waals surface area (Å²) in [6.07, 6.45) is 1.42. The second kappa shape index (κ2) is 5.14. The quantitative estimate of drug-likeness (QED) is 0.893. The molecular weight excluding hydrogens is 253 g/mol. The van der Waals surface area contributed by atoms with Crippen LogP contribution in [0.15, 0.2) is 24.4 Å². The topological polar surface area (TPSA) is 68.0 Å². The molecule has 0 radical (unpaired) electrons. The fourth-order valence-electron chi connectivity index (χ4n) is 1.49. The lowest BCUT2D eigenvalue weighted by atomic mass is 10.1. The van der Waals surface area contributed by atoms with Crippen LogP contribution in [0.3, 0.4) is 0 Å². The van der Waals surface area contributed by atoms with E-state index in [2.05, 4.69) is 10.3 Å². The highest BCUT2D eigenvalue weighted by Crippen LogP contribution is 2.15. The molecule has 0 aliphatic rings. The number of benzene rings is 1. The molecule has 4 nitrogen and oxygen atoms in total. The van der Waals surface area contributed by atoms with Gasteiger partial charge in [0.25, 0.3) is 5.91 Å². The molecule has 6 heteroatoms. The number of aryl methyl sites for hydroxylation is 1. The monoisotopic (exact) mass is 265 g/mol. The SMILES string of the molecule is Cc1ccc(F)cc1CNC(=O)c1cnc(N)s1. The average molecular weight is 265 g/mol. The molecule has 0 atom stereocenters. The van der Waals surface area contributed by atoms with Crippen LogP contribution in [-0.4, -0.2) is 10.9 Å². The highest BCUT2D eigenvalue weighted by molar-refractivity contribution is 7.17. The summed E-state index contributed by atoms with van der Waals surface area (Å²) in [6, 6.07) is 4.49. The first-order chi connectivity index (χ1) is 8.56. The Morgan fingerprint density at radius 1 is 1.56 bits per heavy atom. The van der Waals surface area contributed by atoms with Gasteiger partial charge in [0, 0.05) is 6.54 Å². The number of amides is 1. The van der Waals surface area contributed by atoms with Crippen LogP contribution in [-0.2, 0) is 6.54 Å². The lowest BCUT2D eigenvalue weighted by Gasteiger charge is -2.07. The Morgan fingerprint density at radius 3 is 3.00 bits per heavy atom. The molecule has 1 aromatic carbocycles. The Balaban J connectivity index is 2.03. The molecule has 0 fully saturated rings. The van der Waals surface area contributed by atoms with Crippen molar-refractivity contribution >= 4 is 22.4 Å². The summed E-state index contributed by atoms with van der Waals surface area (Å²) in [6.45, 7) is 2.14. The molecule has 94 valence electrons. The Bertz CT molecular complexity index is 582. The normalized spacial score (nSPS) is 10.3. The van der Waals surface area contributed by atoms with Crippen LogP contribution in [0.1, 0.15) is 20.8 Å². The lowest BCUT2D eigenvalue weighted by molar-refractivity contribution is 0.0954. The van der Waals surface area contributed by atoms with E-state index in [1.54, 1.807) is 6.07 Å². The van der Waals surface area contributed by atoms with E-state index in [9.17, 15) is 9.18 Å². The van der Waals surface area contributed by atoms with Crippen LogP contribution in [0, 0.1) is 12.7 Å². The van der Waals surface area contributed by atoms with Gasteiger partial charge in [0.15, 0.2) is 5.13 Å². The van der Waals surface area contributed by atoms with Gasteiger partial charge in [-0.25, -0.2) is 9.37 Å². The minimum atomic E-state index is -0.313. The van der Waals surface area contributed by atoms with Gasteiger partial charge < -0.3 is 11.1 Å². The number of hydrogen-bond donors (Lipinski definition) is 2. The molecule has 0 bridgehead atoms. The molecule has 1 aromatic heterocycles. The standard InChI is InChI=1S/C12H12FN3OS/c1-7-2-3-9(13)4-8(7)5-15-11(17)10-6-16-12(14)18-10/h2-4,6H,5H2,1H3,(H2,14,16)(H,15,17). The van der Waals surface area contributed by atoms with Crippen molar-refractivity contribution in [2.24, 2.45) is 0 Å². The highest BCUT2D eigenvalue weighted by atomic mass is 32.1. The average Bonchev–Trinajstić information content (AvgIpc) is 2.77. The molecular formula is C12H12FN3OS. The number of rotatable bonds is 3. The first-order valence-electron chi connectivity index (χ1n) is 5.31. The van der Waals surface area contributed by atoms with Crippen LogP contribution < -0.4 is 11.1 Å². The number of nitrogens with one attached hydrogen (secondary N) is 1. The van der Waals surface area contributed by atoms with Crippen LogP contribution in [0.5, 0.6) is 0 Å². The molecule has 0 aliphatic heterocycles. The molecule has 0 unspecified atom stereocenters. The maximum absolute atomic E-state index is 13.1. The summed E-state index contributed by atoms with van der Waals surface area (Å²) in [7, 11) is 0. The molecule has 1 amide bonds. The predicted molar refractivity (Wildman–Crippen MR) is 68.8 cm³/mol. The second-order valence-corrected chi connectivity index (χ2v) is 4.88. The third-order valence-corrected chi connectivity index (χ3v) is 3.32. The lowest BCUT2D eigenvalue weighted by Crippen LogP contribution is -2.22. The molecule has 3 N–H and O–H groups in total. The van der Waals surface area contributed by atoms with Crippen molar-refractivity contribution in [1.82, 2.24) is 10.3 Å². The Morgan fingerprint density at radius 2 is 2.33 bits per heavy atom. The van der Waals surface area contributed by atoms with E-state index in [1.165, 1.54) is 18.3 Å². The summed E-state index contributed by atoms with van der Waals surface area (Å²) in [5.41, 5.74) is 7.13. The summed E-state index contributed by atoms with van der Waals surface area (Å²) < 4.78 is 13.1. The number of thiazole rings is 1. The van der Waals surface area contributed by atoms with Gasteiger partial charge in [0.2, 0.25) is 0 Å². The minimum Gasteiger partial charge on any atom is -0.375 e. The van der Waals surface area contributed by atoms with Gasteiger partial charge in [-0.1, -0.05) is 17.4 Å². The number of carbonyl (C=O) groups is 1. The predicted octanol–water partition coefficient (Wildman–Crippen LogP) is 2.10. The second-order valence-electron chi connectivity index (χ2n) is 3.82. The summed E-state index contributed by atoms with van der Waals surface area (Å²) in [5.74, 6) is -0.570. The van der Waals surface area contributed by atoms with Crippen molar-refractivity contribution in [2.45, 2.75) is 13.5 Å². The fourth-order valence-corrected chi connectivity index (χ4v) is 2.09. The van der Waals surface area contributed by atoms with E-state index in [0.717, 1.165) is 22.5 Å². The maximum atomic E-state index is 13.1. The van der Waals surface area contributed by atoms with Crippen molar-refractivity contribution < 1.29 is 9.18 Å². The van der Waals surface area contributed by atoms with Crippen LogP contribution >= 0.6 is 11.3 Å². The van der Waals surface area contributed by atoms with Crippen LogP contribution in [0.2, 0.25) is 0 Å². The molecule has 18 heavy (non-hydrogen) atoms. The summed E-state index contributed by atoms with van der Waals surface area (Å²) >= 11 is 1.12. The first kappa shape index (κ1) is 12.5. The zero-order chi connectivity index (χ0) is 13.1. The highest BCUT2D eigenvalue weighted by Gasteiger charge is 2.09. The molecule has 2 aromatic rings. The van der Waals surface area contributed by atoms with E-state index in [4.69, 9.17) is 5.73 Å². The van der Waals surface area contributed by atoms with Gasteiger partial charge in [-0.15, -0.1) is 0 Å². The molecule has 0 saturated carbocycles. The zero-order valence-electron chi connectivity index (χ0n) is 9.74. The number of carbonyl (C=O) groups excluding carboxylic acids is 1. The van der Waals surface area contributed by atoms with Crippen molar-refractivity contribution in [3.63, 3.8) is 0 Å². The Hall–Kier alpha value is -1.95. The van der Waals surface area contributed by atoms with Gasteiger partial charge in [0.1, 0.15) is 10.7 Å². The first-order valence-corrected chi connectivity index (χ1v) is 6.12. The largest absolute Gasteiger partial charge is 0.375 e. The van der Waals surface area contributed by atoms with Crippen molar-refractivity contribution in [3.8, 4) is 0 Å². The van der Waals surface area contributed by atoms with Crippen LogP contribution in [0.4, 0.5) is 9.52 Å². The van der Waals surface area contributed by atoms with Gasteiger partial charge in [-0.05, 0) is 30.2 Å². The van der Waals surface area contributed by atoms with Crippen molar-refractivity contribution in [2.75, 3.05) is 5.73 Å². The number of nitrogen functional groups attached to an aromatic ring is 1. The van der Waals surface area contributed by atoms with Crippen LogP contribution in [0.25, 0.3) is 0 Å². The molecule has 1 heterocycles. The number of nitrogens with two attached hydrogens (primary N) is 1. The number of aromatic nitrogens is 1. The summed E-state index contributed by atoms with van der Waals surface area (Å²) in [5, 5.41) is 3.06.